The normalized spacial score (nSPS) is 16.0. The number of sulfone groups is 1. The highest BCUT2D eigenvalue weighted by Crippen LogP contribution is 2.30. The third kappa shape index (κ3) is 4.17. The summed E-state index contributed by atoms with van der Waals surface area (Å²) in [6.45, 7) is 0.386. The van der Waals surface area contributed by atoms with Crippen molar-refractivity contribution in [2.45, 2.75) is 0 Å². The van der Waals surface area contributed by atoms with Crippen LogP contribution in [-0.4, -0.2) is 48.8 Å². The number of fused-ring (bicyclic) bond motifs is 1. The predicted octanol–water partition coefficient (Wildman–Crippen LogP) is 4.16. The summed E-state index contributed by atoms with van der Waals surface area (Å²) in [7, 11) is -3.06. The average molecular weight is 450 g/mol. The number of rotatable bonds is 3. The number of carbonyl (C=O) groups excluding carboxylic acids is 1. The summed E-state index contributed by atoms with van der Waals surface area (Å²) >= 11 is 12.1. The van der Waals surface area contributed by atoms with E-state index in [0.717, 1.165) is 16.5 Å². The van der Waals surface area contributed by atoms with E-state index in [1.807, 2.05) is 24.3 Å². The van der Waals surface area contributed by atoms with Gasteiger partial charge in [-0.25, -0.2) is 13.4 Å². The van der Waals surface area contributed by atoms with Crippen molar-refractivity contribution in [2.75, 3.05) is 29.9 Å². The predicted molar refractivity (Wildman–Crippen MR) is 116 cm³/mol. The monoisotopic (exact) mass is 449 g/mol. The van der Waals surface area contributed by atoms with Crippen molar-refractivity contribution >= 4 is 61.2 Å². The van der Waals surface area contributed by atoms with Crippen LogP contribution in [0.3, 0.4) is 0 Å². The first kappa shape index (κ1) is 19.9. The van der Waals surface area contributed by atoms with Crippen LogP contribution in [0.4, 0.5) is 11.5 Å². The lowest BCUT2D eigenvalue weighted by atomic mass is 10.1. The van der Waals surface area contributed by atoms with Gasteiger partial charge in [-0.05, 0) is 23.6 Å². The van der Waals surface area contributed by atoms with Gasteiger partial charge in [-0.3, -0.25) is 4.79 Å². The number of hydrogen-bond acceptors (Lipinski definition) is 5. The summed E-state index contributed by atoms with van der Waals surface area (Å²) in [5.74, 6) is 0.337. The summed E-state index contributed by atoms with van der Waals surface area (Å²) in [6, 6.07) is 12.6. The molecule has 1 aliphatic rings. The van der Waals surface area contributed by atoms with Crippen LogP contribution in [0.1, 0.15) is 10.4 Å². The number of carbonyl (C=O) groups is 1. The maximum Gasteiger partial charge on any atom is 0.256 e. The Balaban J connectivity index is 1.68. The van der Waals surface area contributed by atoms with Crippen LogP contribution in [0, 0.1) is 0 Å². The molecule has 1 aromatic heterocycles. The molecule has 1 N–H and O–H groups in total. The Kier molecular flexibility index (Phi) is 5.38. The quantitative estimate of drug-likeness (QED) is 0.649. The summed E-state index contributed by atoms with van der Waals surface area (Å²) in [6.07, 6.45) is 1.52. The highest BCUT2D eigenvalue weighted by atomic mass is 35.5. The SMILES string of the molecule is O=C(c1cnc(Nc2ccc(Cl)c(Cl)c2)c2ccccc12)N1CCS(=O)(=O)CC1. The fourth-order valence-corrected chi connectivity index (χ4v) is 4.76. The molecule has 0 atom stereocenters. The lowest BCUT2D eigenvalue weighted by Gasteiger charge is -2.27. The van der Waals surface area contributed by atoms with Gasteiger partial charge in [0.15, 0.2) is 9.84 Å². The second-order valence-corrected chi connectivity index (χ2v) is 9.88. The third-order valence-electron chi connectivity index (χ3n) is 4.84. The Morgan fingerprint density at radius 2 is 1.69 bits per heavy atom. The number of aromatic nitrogens is 1. The van der Waals surface area contributed by atoms with E-state index in [1.54, 1.807) is 23.1 Å². The molecule has 3 aromatic rings. The van der Waals surface area contributed by atoms with E-state index in [9.17, 15) is 13.2 Å². The Morgan fingerprint density at radius 3 is 2.38 bits per heavy atom. The van der Waals surface area contributed by atoms with Crippen molar-refractivity contribution in [2.24, 2.45) is 0 Å². The van der Waals surface area contributed by atoms with E-state index >= 15 is 0 Å². The molecule has 29 heavy (non-hydrogen) atoms. The molecule has 0 bridgehead atoms. The number of halogens is 2. The number of anilines is 2. The minimum absolute atomic E-state index is 0.0128. The number of nitrogens with zero attached hydrogens (tertiary/aromatic N) is 2. The van der Waals surface area contributed by atoms with Gasteiger partial charge in [-0.2, -0.15) is 0 Å². The second kappa shape index (κ2) is 7.82. The summed E-state index contributed by atoms with van der Waals surface area (Å²) in [5.41, 5.74) is 1.16. The maximum atomic E-state index is 13.0. The number of nitrogens with one attached hydrogen (secondary N) is 1. The average Bonchev–Trinajstić information content (AvgIpc) is 2.70. The first-order chi connectivity index (χ1) is 13.8. The molecule has 0 spiro atoms. The molecule has 1 fully saturated rings. The van der Waals surface area contributed by atoms with Crippen molar-refractivity contribution < 1.29 is 13.2 Å². The summed E-state index contributed by atoms with van der Waals surface area (Å²) in [5, 5.41) is 5.61. The van der Waals surface area contributed by atoms with Gasteiger partial charge in [0.1, 0.15) is 5.82 Å². The minimum atomic E-state index is -3.06. The molecule has 1 aliphatic heterocycles. The van der Waals surface area contributed by atoms with Crippen LogP contribution >= 0.6 is 23.2 Å². The number of pyridine rings is 1. The number of benzene rings is 2. The fraction of sp³-hybridized carbons (Fsp3) is 0.200. The smallest absolute Gasteiger partial charge is 0.256 e. The lowest BCUT2D eigenvalue weighted by molar-refractivity contribution is 0.0772. The van der Waals surface area contributed by atoms with Crippen molar-refractivity contribution in [1.29, 1.82) is 0 Å². The number of amides is 1. The van der Waals surface area contributed by atoms with Gasteiger partial charge in [0.25, 0.3) is 5.91 Å². The highest BCUT2D eigenvalue weighted by molar-refractivity contribution is 7.91. The third-order valence-corrected chi connectivity index (χ3v) is 7.19. The zero-order valence-corrected chi connectivity index (χ0v) is 17.6. The molecule has 1 amide bonds. The Hall–Kier alpha value is -2.35. The van der Waals surface area contributed by atoms with Crippen LogP contribution in [0.2, 0.25) is 10.0 Å². The van der Waals surface area contributed by atoms with Crippen LogP contribution in [0.5, 0.6) is 0 Å². The largest absolute Gasteiger partial charge is 0.340 e. The molecule has 0 saturated carbocycles. The topological polar surface area (TPSA) is 79.4 Å². The van der Waals surface area contributed by atoms with E-state index < -0.39 is 9.84 Å². The first-order valence-electron chi connectivity index (χ1n) is 8.93. The standard InChI is InChI=1S/C20H17Cl2N3O3S/c21-17-6-5-13(11-18(17)22)24-19-15-4-2-1-3-14(15)16(12-23-19)20(26)25-7-9-29(27,28)10-8-25/h1-6,11-12H,7-10H2,(H,23,24). The van der Waals surface area contributed by atoms with Gasteiger partial charge in [-0.15, -0.1) is 0 Å². The Bertz CT molecular complexity index is 1200. The van der Waals surface area contributed by atoms with Crippen LogP contribution in [0.15, 0.2) is 48.7 Å². The maximum absolute atomic E-state index is 13.0. The molecule has 2 aromatic carbocycles. The van der Waals surface area contributed by atoms with Gasteiger partial charge in [0, 0.05) is 30.4 Å². The molecule has 0 radical (unpaired) electrons. The lowest BCUT2D eigenvalue weighted by Crippen LogP contribution is -2.43. The fourth-order valence-electron chi connectivity index (χ4n) is 3.26. The van der Waals surface area contributed by atoms with Gasteiger partial charge in [0.05, 0.1) is 27.1 Å². The molecular weight excluding hydrogens is 433 g/mol. The minimum Gasteiger partial charge on any atom is -0.340 e. The Morgan fingerprint density at radius 1 is 1.00 bits per heavy atom. The Labute approximate surface area is 178 Å². The zero-order chi connectivity index (χ0) is 20.6. The second-order valence-electron chi connectivity index (χ2n) is 6.76. The van der Waals surface area contributed by atoms with E-state index in [4.69, 9.17) is 23.2 Å². The van der Waals surface area contributed by atoms with Crippen molar-refractivity contribution in [1.82, 2.24) is 9.88 Å². The van der Waals surface area contributed by atoms with E-state index in [-0.39, 0.29) is 30.5 Å². The van der Waals surface area contributed by atoms with Gasteiger partial charge < -0.3 is 10.2 Å². The first-order valence-corrected chi connectivity index (χ1v) is 11.5. The molecule has 0 aliphatic carbocycles. The van der Waals surface area contributed by atoms with E-state index in [1.165, 1.54) is 6.20 Å². The molecular formula is C20H17Cl2N3O3S. The molecule has 2 heterocycles. The summed E-state index contributed by atoms with van der Waals surface area (Å²) < 4.78 is 23.3. The van der Waals surface area contributed by atoms with Crippen LogP contribution in [-0.2, 0) is 9.84 Å². The van der Waals surface area contributed by atoms with Crippen molar-refractivity contribution in [3.8, 4) is 0 Å². The van der Waals surface area contributed by atoms with Crippen molar-refractivity contribution in [3.05, 3.63) is 64.3 Å². The molecule has 150 valence electrons. The molecule has 9 heteroatoms. The van der Waals surface area contributed by atoms with Gasteiger partial charge in [-0.1, -0.05) is 47.5 Å². The highest BCUT2D eigenvalue weighted by Gasteiger charge is 2.27. The zero-order valence-electron chi connectivity index (χ0n) is 15.2. The van der Waals surface area contributed by atoms with E-state index in [0.29, 0.717) is 21.4 Å². The van der Waals surface area contributed by atoms with Crippen LogP contribution in [0.25, 0.3) is 10.8 Å². The van der Waals surface area contributed by atoms with E-state index in [2.05, 4.69) is 10.3 Å². The molecule has 4 rings (SSSR count). The van der Waals surface area contributed by atoms with Crippen LogP contribution < -0.4 is 5.32 Å². The molecule has 6 nitrogen and oxygen atoms in total. The summed E-state index contributed by atoms with van der Waals surface area (Å²) in [4.78, 5) is 19.0. The number of hydrogen-bond donors (Lipinski definition) is 1. The molecule has 0 unspecified atom stereocenters. The molecule has 1 saturated heterocycles. The van der Waals surface area contributed by atoms with Gasteiger partial charge in [0.2, 0.25) is 0 Å². The van der Waals surface area contributed by atoms with Gasteiger partial charge >= 0.3 is 0 Å². The van der Waals surface area contributed by atoms with Crippen molar-refractivity contribution in [3.63, 3.8) is 0 Å².